The molecule has 1 aliphatic carbocycles. The number of carbonyl (C=O) groups is 2. The van der Waals surface area contributed by atoms with Gasteiger partial charge in [-0.25, -0.2) is 0 Å². The standard InChI is InChI=1S/C17H18N2O3S/c1-10-4-6-12-13(9-10)23-17(15(12)16(18)21)19-14(20)7-5-11-3-2-8-22-11/h2-3,5,7-8,10H,4,6,9H2,1H3,(H2,18,21)(H,19,20)/b7-5+/t10-/m1/s1. The minimum atomic E-state index is -0.484. The van der Waals surface area contributed by atoms with Crippen molar-refractivity contribution in [1.29, 1.82) is 0 Å². The van der Waals surface area contributed by atoms with E-state index in [0.717, 1.165) is 29.7 Å². The van der Waals surface area contributed by atoms with Gasteiger partial charge in [0.1, 0.15) is 10.8 Å². The smallest absolute Gasteiger partial charge is 0.251 e. The lowest BCUT2D eigenvalue weighted by molar-refractivity contribution is -0.111. The Morgan fingerprint density at radius 3 is 3.00 bits per heavy atom. The van der Waals surface area contributed by atoms with E-state index >= 15 is 0 Å². The highest BCUT2D eigenvalue weighted by atomic mass is 32.1. The lowest BCUT2D eigenvalue weighted by Gasteiger charge is -2.18. The summed E-state index contributed by atoms with van der Waals surface area (Å²) in [5.74, 6) is 0.386. The Labute approximate surface area is 138 Å². The molecule has 1 atom stereocenters. The molecule has 2 aromatic rings. The number of furan rings is 1. The third-order valence-electron chi connectivity index (χ3n) is 3.94. The first-order valence-corrected chi connectivity index (χ1v) is 8.33. The van der Waals surface area contributed by atoms with Crippen LogP contribution in [0.15, 0.2) is 28.9 Å². The van der Waals surface area contributed by atoms with E-state index in [-0.39, 0.29) is 5.91 Å². The largest absolute Gasteiger partial charge is 0.465 e. The number of nitrogens with one attached hydrogen (secondary N) is 1. The molecular weight excluding hydrogens is 312 g/mol. The number of anilines is 1. The van der Waals surface area contributed by atoms with Crippen LogP contribution >= 0.6 is 11.3 Å². The van der Waals surface area contributed by atoms with Crippen LogP contribution in [0.4, 0.5) is 5.00 Å². The lowest BCUT2D eigenvalue weighted by Crippen LogP contribution is -2.18. The summed E-state index contributed by atoms with van der Waals surface area (Å²) < 4.78 is 5.14. The van der Waals surface area contributed by atoms with Crippen molar-refractivity contribution in [3.8, 4) is 0 Å². The van der Waals surface area contributed by atoms with Gasteiger partial charge in [0.25, 0.3) is 5.91 Å². The molecular formula is C17H18N2O3S. The SMILES string of the molecule is C[C@@H]1CCc2c(sc(NC(=O)/C=C/c3ccco3)c2C(N)=O)C1. The van der Waals surface area contributed by atoms with Gasteiger partial charge in [-0.15, -0.1) is 11.3 Å². The summed E-state index contributed by atoms with van der Waals surface area (Å²) in [4.78, 5) is 25.0. The second kappa shape index (κ2) is 6.42. The number of hydrogen-bond donors (Lipinski definition) is 2. The van der Waals surface area contributed by atoms with Crippen molar-refractivity contribution < 1.29 is 14.0 Å². The van der Waals surface area contributed by atoms with Gasteiger partial charge in [-0.2, -0.15) is 0 Å². The Hall–Kier alpha value is -2.34. The molecule has 0 bridgehead atoms. The van der Waals surface area contributed by atoms with Crippen LogP contribution in [0.1, 0.15) is 39.9 Å². The van der Waals surface area contributed by atoms with Crippen LogP contribution in [0.5, 0.6) is 0 Å². The molecule has 3 N–H and O–H groups in total. The molecule has 6 heteroatoms. The Morgan fingerprint density at radius 2 is 2.30 bits per heavy atom. The molecule has 23 heavy (non-hydrogen) atoms. The van der Waals surface area contributed by atoms with Crippen molar-refractivity contribution >= 4 is 34.2 Å². The number of nitrogens with two attached hydrogens (primary N) is 1. The van der Waals surface area contributed by atoms with Gasteiger partial charge >= 0.3 is 0 Å². The number of amides is 2. The summed E-state index contributed by atoms with van der Waals surface area (Å²) in [5.41, 5.74) is 7.00. The fourth-order valence-corrected chi connectivity index (χ4v) is 4.22. The normalized spacial score (nSPS) is 17.2. The molecule has 1 aliphatic rings. The number of rotatable bonds is 4. The van der Waals surface area contributed by atoms with E-state index < -0.39 is 5.91 Å². The van der Waals surface area contributed by atoms with E-state index in [2.05, 4.69) is 12.2 Å². The molecule has 0 fully saturated rings. The summed E-state index contributed by atoms with van der Waals surface area (Å²) in [6, 6.07) is 3.50. The van der Waals surface area contributed by atoms with Crippen molar-refractivity contribution in [2.24, 2.45) is 11.7 Å². The first-order chi connectivity index (χ1) is 11.0. The van der Waals surface area contributed by atoms with Crippen LogP contribution in [0.2, 0.25) is 0 Å². The lowest BCUT2D eigenvalue weighted by atomic mass is 9.88. The topological polar surface area (TPSA) is 85.3 Å². The average molecular weight is 330 g/mol. The number of thiophene rings is 1. The summed E-state index contributed by atoms with van der Waals surface area (Å²) in [5, 5.41) is 3.32. The zero-order valence-electron chi connectivity index (χ0n) is 12.8. The number of primary amides is 1. The maximum atomic E-state index is 12.1. The van der Waals surface area contributed by atoms with E-state index in [1.54, 1.807) is 18.2 Å². The molecule has 0 saturated heterocycles. The Kier molecular flexibility index (Phi) is 4.34. The Bertz CT molecular complexity index is 759. The summed E-state index contributed by atoms with van der Waals surface area (Å²) >= 11 is 1.46. The highest BCUT2D eigenvalue weighted by Crippen LogP contribution is 2.39. The molecule has 5 nitrogen and oxygen atoms in total. The molecule has 0 aliphatic heterocycles. The highest BCUT2D eigenvalue weighted by molar-refractivity contribution is 7.17. The molecule has 3 rings (SSSR count). The second-order valence-electron chi connectivity index (χ2n) is 5.76. The maximum Gasteiger partial charge on any atom is 0.251 e. The summed E-state index contributed by atoms with van der Waals surface area (Å²) in [6.07, 6.45) is 7.30. The van der Waals surface area contributed by atoms with Crippen LogP contribution in [0.3, 0.4) is 0 Å². The second-order valence-corrected chi connectivity index (χ2v) is 6.86. The first kappa shape index (κ1) is 15.6. The average Bonchev–Trinajstić information content (AvgIpc) is 3.11. The number of fused-ring (bicyclic) bond motifs is 1. The minimum absolute atomic E-state index is 0.310. The van der Waals surface area contributed by atoms with E-state index in [1.807, 2.05) is 0 Å². The zero-order chi connectivity index (χ0) is 16.4. The molecule has 0 unspecified atom stereocenters. The predicted octanol–water partition coefficient (Wildman–Crippen LogP) is 3.22. The molecule has 0 radical (unpaired) electrons. The van der Waals surface area contributed by atoms with Crippen LogP contribution in [0, 0.1) is 5.92 Å². The number of hydrogen-bond acceptors (Lipinski definition) is 4. The van der Waals surface area contributed by atoms with E-state index in [1.165, 1.54) is 23.7 Å². The maximum absolute atomic E-state index is 12.1. The monoisotopic (exact) mass is 330 g/mol. The minimum Gasteiger partial charge on any atom is -0.465 e. The van der Waals surface area contributed by atoms with Gasteiger partial charge in [0.2, 0.25) is 5.91 Å². The highest BCUT2D eigenvalue weighted by Gasteiger charge is 2.26. The zero-order valence-corrected chi connectivity index (χ0v) is 13.6. The van der Waals surface area contributed by atoms with Crippen molar-refractivity contribution in [3.05, 3.63) is 46.2 Å². The summed E-state index contributed by atoms with van der Waals surface area (Å²) in [6.45, 7) is 2.19. The molecule has 2 heterocycles. The van der Waals surface area contributed by atoms with Crippen molar-refractivity contribution in [3.63, 3.8) is 0 Å². The summed E-state index contributed by atoms with van der Waals surface area (Å²) in [7, 11) is 0. The van der Waals surface area contributed by atoms with Gasteiger partial charge in [0.15, 0.2) is 0 Å². The van der Waals surface area contributed by atoms with Crippen LogP contribution < -0.4 is 11.1 Å². The van der Waals surface area contributed by atoms with E-state index in [4.69, 9.17) is 10.2 Å². The van der Waals surface area contributed by atoms with Gasteiger partial charge in [-0.1, -0.05) is 6.92 Å². The van der Waals surface area contributed by atoms with E-state index in [9.17, 15) is 9.59 Å². The molecule has 2 aromatic heterocycles. The van der Waals surface area contributed by atoms with Crippen LogP contribution in [-0.2, 0) is 17.6 Å². The van der Waals surface area contributed by atoms with Gasteiger partial charge in [0, 0.05) is 11.0 Å². The van der Waals surface area contributed by atoms with Crippen molar-refractivity contribution in [2.75, 3.05) is 5.32 Å². The molecule has 2 amide bonds. The van der Waals surface area contributed by atoms with Crippen molar-refractivity contribution in [2.45, 2.75) is 26.2 Å². The van der Waals surface area contributed by atoms with Gasteiger partial charge in [-0.3, -0.25) is 9.59 Å². The fraction of sp³-hybridized carbons (Fsp3) is 0.294. The Balaban J connectivity index is 1.82. The first-order valence-electron chi connectivity index (χ1n) is 7.51. The molecule has 0 aromatic carbocycles. The van der Waals surface area contributed by atoms with E-state index in [0.29, 0.717) is 22.2 Å². The fourth-order valence-electron chi connectivity index (χ4n) is 2.80. The molecule has 0 saturated carbocycles. The van der Waals surface area contributed by atoms with Gasteiger partial charge in [-0.05, 0) is 49.0 Å². The van der Waals surface area contributed by atoms with Crippen LogP contribution in [0.25, 0.3) is 6.08 Å². The molecule has 120 valence electrons. The third kappa shape index (κ3) is 3.37. The molecule has 0 spiro atoms. The van der Waals surface area contributed by atoms with Crippen LogP contribution in [-0.4, -0.2) is 11.8 Å². The number of carbonyl (C=O) groups excluding carboxylic acids is 2. The predicted molar refractivity (Wildman–Crippen MR) is 90.4 cm³/mol. The van der Waals surface area contributed by atoms with Gasteiger partial charge in [0.05, 0.1) is 11.8 Å². The van der Waals surface area contributed by atoms with Gasteiger partial charge < -0.3 is 15.5 Å². The van der Waals surface area contributed by atoms with Crippen molar-refractivity contribution in [1.82, 2.24) is 0 Å². The quantitative estimate of drug-likeness (QED) is 0.844. The Morgan fingerprint density at radius 1 is 1.48 bits per heavy atom. The third-order valence-corrected chi connectivity index (χ3v) is 5.11.